The molecule has 1 aromatic rings. The highest BCUT2D eigenvalue weighted by Gasteiger charge is 2.45. The van der Waals surface area contributed by atoms with Crippen molar-refractivity contribution in [3.8, 4) is 11.5 Å². The zero-order chi connectivity index (χ0) is 14.3. The Morgan fingerprint density at radius 1 is 1.32 bits per heavy atom. The maximum Gasteiger partial charge on any atom is 0.160 e. The second kappa shape index (κ2) is 4.71. The lowest BCUT2D eigenvalue weighted by molar-refractivity contribution is 0.138. The summed E-state index contributed by atoms with van der Waals surface area (Å²) in [5.41, 5.74) is 8.57. The van der Waals surface area contributed by atoms with E-state index in [0.29, 0.717) is 12.3 Å². The zero-order valence-electron chi connectivity index (χ0n) is 12.4. The van der Waals surface area contributed by atoms with Crippen LogP contribution in [0.5, 0.6) is 11.5 Å². The van der Waals surface area contributed by atoms with Gasteiger partial charge in [0.2, 0.25) is 0 Å². The third-order valence-corrected chi connectivity index (χ3v) is 5.16. The first-order valence-electron chi connectivity index (χ1n) is 6.96. The van der Waals surface area contributed by atoms with Crippen molar-refractivity contribution in [2.45, 2.75) is 45.4 Å². The number of methoxy groups -OCH3 is 1. The number of benzene rings is 1. The number of ether oxygens (including phenoxy) is 1. The van der Waals surface area contributed by atoms with Crippen LogP contribution in [-0.4, -0.2) is 18.8 Å². The first-order valence-corrected chi connectivity index (χ1v) is 6.96. The van der Waals surface area contributed by atoms with E-state index in [-0.39, 0.29) is 16.6 Å². The maximum atomic E-state index is 9.95. The van der Waals surface area contributed by atoms with Gasteiger partial charge in [0.15, 0.2) is 11.5 Å². The topological polar surface area (TPSA) is 55.5 Å². The van der Waals surface area contributed by atoms with Crippen molar-refractivity contribution < 1.29 is 9.84 Å². The molecule has 0 bridgehead atoms. The third kappa shape index (κ3) is 2.10. The van der Waals surface area contributed by atoms with Crippen molar-refractivity contribution in [3.05, 3.63) is 23.3 Å². The predicted molar refractivity (Wildman–Crippen MR) is 77.8 cm³/mol. The van der Waals surface area contributed by atoms with Gasteiger partial charge >= 0.3 is 0 Å². The van der Waals surface area contributed by atoms with Crippen molar-refractivity contribution >= 4 is 0 Å². The van der Waals surface area contributed by atoms with E-state index >= 15 is 0 Å². The monoisotopic (exact) mass is 263 g/mol. The fourth-order valence-electron chi connectivity index (χ4n) is 3.34. The van der Waals surface area contributed by atoms with Gasteiger partial charge < -0.3 is 15.6 Å². The molecule has 1 atom stereocenters. The van der Waals surface area contributed by atoms with Crippen LogP contribution in [0.15, 0.2) is 12.1 Å². The lowest BCUT2D eigenvalue weighted by Gasteiger charge is -2.49. The quantitative estimate of drug-likeness (QED) is 0.881. The standard InChI is InChI=1S/C16H25NO2/c1-15(2)6-5-11-9-13(18)14(19-4)10-12(11)16(15,3)7-8-17/h9-10,18H,5-8,17H2,1-4H3. The van der Waals surface area contributed by atoms with Crippen LogP contribution in [0.1, 0.15) is 44.7 Å². The molecule has 19 heavy (non-hydrogen) atoms. The van der Waals surface area contributed by atoms with E-state index in [1.807, 2.05) is 12.1 Å². The van der Waals surface area contributed by atoms with Crippen LogP contribution in [0.3, 0.4) is 0 Å². The molecule has 0 spiro atoms. The van der Waals surface area contributed by atoms with E-state index in [9.17, 15) is 5.11 Å². The molecule has 0 fully saturated rings. The molecule has 0 aromatic heterocycles. The summed E-state index contributed by atoms with van der Waals surface area (Å²) < 4.78 is 5.27. The van der Waals surface area contributed by atoms with Crippen molar-refractivity contribution in [2.24, 2.45) is 11.1 Å². The molecular formula is C16H25NO2. The molecule has 106 valence electrons. The van der Waals surface area contributed by atoms with E-state index in [1.165, 1.54) is 11.1 Å². The molecule has 0 heterocycles. The summed E-state index contributed by atoms with van der Waals surface area (Å²) in [5.74, 6) is 0.788. The summed E-state index contributed by atoms with van der Waals surface area (Å²) in [5, 5.41) is 9.95. The Labute approximate surface area is 115 Å². The predicted octanol–water partition coefficient (Wildman–Crippen LogP) is 2.98. The average molecular weight is 263 g/mol. The molecule has 3 N–H and O–H groups in total. The van der Waals surface area contributed by atoms with Gasteiger partial charge in [-0.1, -0.05) is 20.8 Å². The third-order valence-electron chi connectivity index (χ3n) is 5.16. The fourth-order valence-corrected chi connectivity index (χ4v) is 3.34. The van der Waals surface area contributed by atoms with E-state index in [2.05, 4.69) is 20.8 Å². The van der Waals surface area contributed by atoms with Crippen molar-refractivity contribution in [3.63, 3.8) is 0 Å². The lowest BCUT2D eigenvalue weighted by Crippen LogP contribution is -2.44. The summed E-state index contributed by atoms with van der Waals surface area (Å²) in [6, 6.07) is 3.86. The summed E-state index contributed by atoms with van der Waals surface area (Å²) in [6.07, 6.45) is 3.06. The molecule has 0 amide bonds. The number of phenolic OH excluding ortho intramolecular Hbond substituents is 1. The van der Waals surface area contributed by atoms with Crippen LogP contribution in [0, 0.1) is 5.41 Å². The highest BCUT2D eigenvalue weighted by molar-refractivity contribution is 5.51. The average Bonchev–Trinajstić information content (AvgIpc) is 2.35. The molecule has 0 radical (unpaired) electrons. The fraction of sp³-hybridized carbons (Fsp3) is 0.625. The van der Waals surface area contributed by atoms with E-state index in [0.717, 1.165) is 19.3 Å². The Hall–Kier alpha value is -1.22. The molecular weight excluding hydrogens is 238 g/mol. The molecule has 1 aliphatic rings. The minimum absolute atomic E-state index is 0.0241. The van der Waals surface area contributed by atoms with Gasteiger partial charge in [-0.05, 0) is 59.9 Å². The van der Waals surface area contributed by atoms with Gasteiger partial charge in [-0.2, -0.15) is 0 Å². The highest BCUT2D eigenvalue weighted by atomic mass is 16.5. The largest absolute Gasteiger partial charge is 0.504 e. The van der Waals surface area contributed by atoms with Crippen LogP contribution < -0.4 is 10.5 Å². The van der Waals surface area contributed by atoms with Gasteiger partial charge in [0.1, 0.15) is 0 Å². The summed E-state index contributed by atoms with van der Waals surface area (Å²) in [7, 11) is 1.59. The van der Waals surface area contributed by atoms with Gasteiger partial charge in [0, 0.05) is 0 Å². The van der Waals surface area contributed by atoms with Crippen molar-refractivity contribution in [1.82, 2.24) is 0 Å². The van der Waals surface area contributed by atoms with Crippen molar-refractivity contribution in [2.75, 3.05) is 13.7 Å². The summed E-state index contributed by atoms with van der Waals surface area (Å²) in [6.45, 7) is 7.58. The summed E-state index contributed by atoms with van der Waals surface area (Å²) in [4.78, 5) is 0. The molecule has 1 aromatic carbocycles. The number of aromatic hydroxyl groups is 1. The van der Waals surface area contributed by atoms with Gasteiger partial charge in [-0.3, -0.25) is 0 Å². The Balaban J connectivity index is 2.61. The van der Waals surface area contributed by atoms with E-state index in [1.54, 1.807) is 7.11 Å². The second-order valence-electron chi connectivity index (χ2n) is 6.44. The number of hydrogen-bond acceptors (Lipinski definition) is 3. The first-order chi connectivity index (χ1) is 8.85. The molecule has 0 aliphatic heterocycles. The minimum atomic E-state index is 0.0241. The smallest absolute Gasteiger partial charge is 0.160 e. The molecule has 2 rings (SSSR count). The Morgan fingerprint density at radius 2 is 2.00 bits per heavy atom. The van der Waals surface area contributed by atoms with Crippen LogP contribution in [0.2, 0.25) is 0 Å². The van der Waals surface area contributed by atoms with Crippen LogP contribution in [-0.2, 0) is 11.8 Å². The van der Waals surface area contributed by atoms with Crippen LogP contribution >= 0.6 is 0 Å². The minimum Gasteiger partial charge on any atom is -0.504 e. The number of fused-ring (bicyclic) bond motifs is 1. The Kier molecular flexibility index (Phi) is 3.52. The number of rotatable bonds is 3. The number of nitrogens with two attached hydrogens (primary N) is 1. The highest BCUT2D eigenvalue weighted by Crippen LogP contribution is 2.53. The Bertz CT molecular complexity index is 482. The number of phenols is 1. The van der Waals surface area contributed by atoms with Gasteiger partial charge in [-0.25, -0.2) is 0 Å². The molecule has 0 saturated carbocycles. The maximum absolute atomic E-state index is 9.95. The first kappa shape index (κ1) is 14.2. The van der Waals surface area contributed by atoms with E-state index < -0.39 is 0 Å². The van der Waals surface area contributed by atoms with Gasteiger partial charge in [0.25, 0.3) is 0 Å². The molecule has 3 heteroatoms. The van der Waals surface area contributed by atoms with Gasteiger partial charge in [-0.15, -0.1) is 0 Å². The Morgan fingerprint density at radius 3 is 2.58 bits per heavy atom. The van der Waals surface area contributed by atoms with Crippen LogP contribution in [0.25, 0.3) is 0 Å². The molecule has 1 unspecified atom stereocenters. The van der Waals surface area contributed by atoms with Gasteiger partial charge in [0.05, 0.1) is 7.11 Å². The van der Waals surface area contributed by atoms with Crippen molar-refractivity contribution in [1.29, 1.82) is 0 Å². The van der Waals surface area contributed by atoms with E-state index in [4.69, 9.17) is 10.5 Å². The zero-order valence-corrected chi connectivity index (χ0v) is 12.4. The number of aryl methyl sites for hydroxylation is 1. The molecule has 3 nitrogen and oxygen atoms in total. The molecule has 0 saturated heterocycles. The molecule has 1 aliphatic carbocycles. The second-order valence-corrected chi connectivity index (χ2v) is 6.44. The number of hydrogen-bond donors (Lipinski definition) is 2. The summed E-state index contributed by atoms with van der Waals surface area (Å²) >= 11 is 0. The SMILES string of the molecule is COc1cc2c(cc1O)CCC(C)(C)C2(C)CCN. The normalized spacial score (nSPS) is 24.9. The lowest BCUT2D eigenvalue weighted by atomic mass is 9.55. The van der Waals surface area contributed by atoms with Crippen LogP contribution in [0.4, 0.5) is 0 Å².